The summed E-state index contributed by atoms with van der Waals surface area (Å²) >= 11 is 0. The van der Waals surface area contributed by atoms with Gasteiger partial charge in [-0.05, 0) is 23.8 Å². The molecule has 180 valence electrons. The first-order valence-electron chi connectivity index (χ1n) is 10.9. The molecule has 3 aromatic heterocycles. The first kappa shape index (κ1) is 22.8. The first-order chi connectivity index (χ1) is 16.9. The fourth-order valence-corrected chi connectivity index (χ4v) is 3.93. The van der Waals surface area contributed by atoms with Crippen LogP contribution in [0, 0.1) is 5.82 Å². The number of nitrogens with zero attached hydrogens (tertiary/aromatic N) is 4. The Morgan fingerprint density at radius 3 is 2.74 bits per heavy atom. The second kappa shape index (κ2) is 9.35. The van der Waals surface area contributed by atoms with Crippen LogP contribution in [-0.4, -0.2) is 57.1 Å². The molecule has 0 saturated carbocycles. The highest BCUT2D eigenvalue weighted by atomic mass is 19.1. The van der Waals surface area contributed by atoms with Crippen molar-refractivity contribution in [2.24, 2.45) is 5.73 Å². The van der Waals surface area contributed by atoms with Crippen molar-refractivity contribution >= 4 is 16.9 Å². The van der Waals surface area contributed by atoms with Gasteiger partial charge in [-0.15, -0.1) is 0 Å². The lowest BCUT2D eigenvalue weighted by Gasteiger charge is -2.15. The zero-order valence-corrected chi connectivity index (χ0v) is 18.7. The van der Waals surface area contributed by atoms with Crippen LogP contribution in [0.1, 0.15) is 17.3 Å². The Bertz CT molecular complexity index is 1380. The molecular formula is C24H22F2N6O3. The van der Waals surface area contributed by atoms with Gasteiger partial charge in [-0.2, -0.15) is 0 Å². The molecule has 1 amide bonds. The van der Waals surface area contributed by atoms with Gasteiger partial charge in [-0.3, -0.25) is 14.3 Å². The fourth-order valence-electron chi connectivity index (χ4n) is 3.93. The number of pyridine rings is 1. The predicted octanol–water partition coefficient (Wildman–Crippen LogP) is 2.77. The second-order valence-corrected chi connectivity index (χ2v) is 8.18. The molecule has 3 N–H and O–H groups in total. The van der Waals surface area contributed by atoms with Gasteiger partial charge < -0.3 is 20.5 Å². The van der Waals surface area contributed by atoms with Crippen LogP contribution in [0.15, 0.2) is 55.1 Å². The van der Waals surface area contributed by atoms with Gasteiger partial charge in [0.15, 0.2) is 5.82 Å². The van der Waals surface area contributed by atoms with Gasteiger partial charge in [-0.25, -0.2) is 18.7 Å². The first-order valence-corrected chi connectivity index (χ1v) is 10.9. The maximum Gasteiger partial charge on any atom is 0.253 e. The van der Waals surface area contributed by atoms with Crippen molar-refractivity contribution in [3.8, 4) is 22.8 Å². The molecular weight excluding hydrogens is 458 g/mol. The summed E-state index contributed by atoms with van der Waals surface area (Å²) in [6.45, 7) is 2.01. The van der Waals surface area contributed by atoms with E-state index in [2.05, 4.69) is 20.3 Å². The number of aromatic nitrogens is 4. The van der Waals surface area contributed by atoms with Gasteiger partial charge in [0, 0.05) is 24.9 Å². The number of hydrogen-bond acceptors (Lipinski definition) is 7. The minimum atomic E-state index is -1.48. The minimum absolute atomic E-state index is 0.193. The second-order valence-electron chi connectivity index (χ2n) is 8.18. The average Bonchev–Trinajstić information content (AvgIpc) is 3.42. The van der Waals surface area contributed by atoms with E-state index < -0.39 is 12.2 Å². The Kier molecular flexibility index (Phi) is 6.10. The number of rotatable bonds is 6. The third-order valence-electron chi connectivity index (χ3n) is 5.61. The molecule has 4 aromatic rings. The molecule has 1 aliphatic heterocycles. The summed E-state index contributed by atoms with van der Waals surface area (Å²) in [5.41, 5.74) is 8.71. The summed E-state index contributed by atoms with van der Waals surface area (Å²) in [6, 6.07) is 7.95. The highest BCUT2D eigenvalue weighted by Crippen LogP contribution is 2.33. The van der Waals surface area contributed by atoms with E-state index in [9.17, 15) is 13.6 Å². The normalized spacial score (nSPS) is 18.5. The van der Waals surface area contributed by atoms with Gasteiger partial charge in [0.2, 0.25) is 12.3 Å². The van der Waals surface area contributed by atoms with Gasteiger partial charge in [0.05, 0.1) is 54.3 Å². The molecule has 0 aliphatic carbocycles. The summed E-state index contributed by atoms with van der Waals surface area (Å²) in [6.07, 6.45) is 3.82. The number of nitrogens with one attached hydrogen (secondary N) is 1. The third-order valence-corrected chi connectivity index (χ3v) is 5.61. The van der Waals surface area contributed by atoms with Gasteiger partial charge in [0.25, 0.3) is 5.91 Å². The zero-order chi connectivity index (χ0) is 24.5. The van der Waals surface area contributed by atoms with Gasteiger partial charge >= 0.3 is 0 Å². The molecule has 5 rings (SSSR count). The molecule has 0 radical (unpaired) electrons. The topological polar surface area (TPSA) is 117 Å². The zero-order valence-electron chi connectivity index (χ0n) is 18.7. The summed E-state index contributed by atoms with van der Waals surface area (Å²) in [7, 11) is 0. The van der Waals surface area contributed by atoms with Crippen molar-refractivity contribution in [1.29, 1.82) is 0 Å². The number of amides is 1. The van der Waals surface area contributed by atoms with Gasteiger partial charge in [0.1, 0.15) is 5.75 Å². The number of fused-ring (bicyclic) bond motifs is 1. The predicted molar refractivity (Wildman–Crippen MR) is 123 cm³/mol. The molecule has 35 heavy (non-hydrogen) atoms. The van der Waals surface area contributed by atoms with E-state index in [-0.39, 0.29) is 23.9 Å². The number of alkyl halides is 1. The van der Waals surface area contributed by atoms with Crippen LogP contribution in [0.25, 0.3) is 28.1 Å². The minimum Gasteiger partial charge on any atom is -0.461 e. The molecule has 1 aliphatic rings. The Labute approximate surface area is 198 Å². The quantitative estimate of drug-likeness (QED) is 0.436. The highest BCUT2D eigenvalue weighted by Gasteiger charge is 2.27. The molecule has 4 heterocycles. The summed E-state index contributed by atoms with van der Waals surface area (Å²) in [5, 5.41) is 2.87. The maximum atomic E-state index is 13.5. The fraction of sp³-hybridized carbons (Fsp3) is 0.250. The van der Waals surface area contributed by atoms with E-state index in [1.54, 1.807) is 35.0 Å². The van der Waals surface area contributed by atoms with Gasteiger partial charge in [-0.1, -0.05) is 12.1 Å². The summed E-state index contributed by atoms with van der Waals surface area (Å²) < 4.78 is 39.0. The molecule has 9 nitrogen and oxygen atoms in total. The molecule has 0 spiro atoms. The SMILES string of the molecule is CC(F)Oc1cccc(-c2cn(-c3ncc(F)cn3)c3cc(C(=O)N[C@@H]4COC[C@H]4N)cnc23)c1. The van der Waals surface area contributed by atoms with Crippen LogP contribution in [0.5, 0.6) is 5.75 Å². The Morgan fingerprint density at radius 1 is 1.23 bits per heavy atom. The molecule has 1 unspecified atom stereocenters. The van der Waals surface area contributed by atoms with Crippen LogP contribution in [0.3, 0.4) is 0 Å². The van der Waals surface area contributed by atoms with E-state index in [4.69, 9.17) is 15.2 Å². The lowest BCUT2D eigenvalue weighted by Crippen LogP contribution is -2.46. The maximum absolute atomic E-state index is 13.5. The molecule has 11 heteroatoms. The number of halogens is 2. The number of carbonyl (C=O) groups is 1. The Hall–Kier alpha value is -3.96. The van der Waals surface area contributed by atoms with Crippen molar-refractivity contribution in [3.63, 3.8) is 0 Å². The monoisotopic (exact) mass is 480 g/mol. The van der Waals surface area contributed by atoms with Crippen LogP contribution >= 0.6 is 0 Å². The number of carbonyl (C=O) groups excluding carboxylic acids is 1. The lowest BCUT2D eigenvalue weighted by molar-refractivity contribution is 0.0860. The Morgan fingerprint density at radius 2 is 2.03 bits per heavy atom. The van der Waals surface area contributed by atoms with Crippen LogP contribution < -0.4 is 15.8 Å². The number of benzene rings is 1. The van der Waals surface area contributed by atoms with E-state index in [0.717, 1.165) is 12.4 Å². The van der Waals surface area contributed by atoms with Crippen LogP contribution in [0.4, 0.5) is 8.78 Å². The smallest absolute Gasteiger partial charge is 0.253 e. The van der Waals surface area contributed by atoms with E-state index in [1.165, 1.54) is 13.1 Å². The molecule has 1 fully saturated rings. The van der Waals surface area contributed by atoms with Crippen LogP contribution in [0.2, 0.25) is 0 Å². The summed E-state index contributed by atoms with van der Waals surface area (Å²) in [5.74, 6) is -0.392. The van der Waals surface area contributed by atoms with Crippen molar-refractivity contribution in [2.75, 3.05) is 13.2 Å². The largest absolute Gasteiger partial charge is 0.461 e. The number of nitrogens with two attached hydrogens (primary N) is 1. The third kappa shape index (κ3) is 4.68. The molecule has 3 atom stereocenters. The lowest BCUT2D eigenvalue weighted by atomic mass is 10.1. The number of hydrogen-bond donors (Lipinski definition) is 2. The number of ether oxygens (including phenoxy) is 2. The van der Waals surface area contributed by atoms with Crippen molar-refractivity contribution in [1.82, 2.24) is 24.8 Å². The van der Waals surface area contributed by atoms with E-state index in [0.29, 0.717) is 46.7 Å². The molecule has 1 saturated heterocycles. The summed E-state index contributed by atoms with van der Waals surface area (Å²) in [4.78, 5) is 25.6. The molecule has 1 aromatic carbocycles. The Balaban J connectivity index is 1.60. The van der Waals surface area contributed by atoms with Crippen LogP contribution in [-0.2, 0) is 4.74 Å². The van der Waals surface area contributed by atoms with Crippen molar-refractivity contribution in [2.45, 2.75) is 25.4 Å². The van der Waals surface area contributed by atoms with E-state index >= 15 is 0 Å². The standard InChI is InChI=1S/C24H22F2N6O3/c1-13(25)35-17-4-2-3-14(5-17)18-10-32(24-29-8-16(26)9-30-24)21-6-15(7-28-22(18)21)23(33)31-20-12-34-11-19(20)27/h2-10,13,19-20H,11-12,27H2,1H3,(H,31,33)/t13?,19-,20-/m1/s1. The average molecular weight is 480 g/mol. The molecule has 0 bridgehead atoms. The van der Waals surface area contributed by atoms with Crippen molar-refractivity contribution < 1.29 is 23.0 Å². The van der Waals surface area contributed by atoms with E-state index in [1.807, 2.05) is 6.07 Å². The van der Waals surface area contributed by atoms with Crippen molar-refractivity contribution in [3.05, 3.63) is 66.5 Å². The highest BCUT2D eigenvalue weighted by molar-refractivity contribution is 6.00.